The standard InChI is InChI=1S/C28H26ClF2N5O8S2/c1-28(2,3)44-27(37)35(24-14-45-15-32-24)46(40,41)23-11-19(29)22(12-20(23)31)43-21-8-7-16(30)10-17(21)18-13-34(33-26(18)36(38)39)25-6-4-5-9-42-25/h7-8,10-15,25H,4-6,9H2,1-3H3. The molecule has 0 saturated carbocycles. The number of nitrogens with zero attached hydrogens (tertiary/aromatic N) is 5. The lowest BCUT2D eigenvalue weighted by atomic mass is 10.1. The molecular weight excluding hydrogens is 672 g/mol. The first-order chi connectivity index (χ1) is 21.7. The number of carbonyl (C=O) groups excluding carboxylic acids is 1. The van der Waals surface area contributed by atoms with Gasteiger partial charge in [0.2, 0.25) is 0 Å². The number of aromatic nitrogens is 3. The maximum atomic E-state index is 15.6. The van der Waals surface area contributed by atoms with Crippen LogP contribution in [0.25, 0.3) is 11.1 Å². The molecule has 244 valence electrons. The van der Waals surface area contributed by atoms with E-state index in [0.717, 1.165) is 48.4 Å². The fourth-order valence-electron chi connectivity index (χ4n) is 4.52. The largest absolute Gasteiger partial charge is 0.455 e. The molecule has 3 heterocycles. The average molecular weight is 698 g/mol. The third kappa shape index (κ3) is 6.96. The molecule has 18 heteroatoms. The highest BCUT2D eigenvalue weighted by molar-refractivity contribution is 7.93. The average Bonchev–Trinajstić information content (AvgIpc) is 3.66. The van der Waals surface area contributed by atoms with Crippen molar-refractivity contribution >= 4 is 50.7 Å². The van der Waals surface area contributed by atoms with Crippen LogP contribution in [0.4, 0.5) is 25.2 Å². The lowest BCUT2D eigenvalue weighted by Gasteiger charge is -2.26. The van der Waals surface area contributed by atoms with E-state index in [-0.39, 0.29) is 27.0 Å². The van der Waals surface area contributed by atoms with Crippen molar-refractivity contribution in [1.29, 1.82) is 0 Å². The van der Waals surface area contributed by atoms with Crippen molar-refractivity contribution in [2.24, 2.45) is 0 Å². The number of amides is 1. The number of hydrogen-bond donors (Lipinski definition) is 0. The normalized spacial score (nSPS) is 15.4. The van der Waals surface area contributed by atoms with Crippen molar-refractivity contribution in [2.45, 2.75) is 56.8 Å². The van der Waals surface area contributed by atoms with Crippen molar-refractivity contribution in [1.82, 2.24) is 14.8 Å². The van der Waals surface area contributed by atoms with Crippen molar-refractivity contribution < 1.29 is 41.1 Å². The molecule has 0 spiro atoms. The van der Waals surface area contributed by atoms with E-state index < -0.39 is 66.0 Å². The van der Waals surface area contributed by atoms with Gasteiger partial charge >= 0.3 is 11.9 Å². The van der Waals surface area contributed by atoms with E-state index in [4.69, 9.17) is 25.8 Å². The summed E-state index contributed by atoms with van der Waals surface area (Å²) >= 11 is 7.36. The van der Waals surface area contributed by atoms with Gasteiger partial charge in [-0.3, -0.25) is 0 Å². The summed E-state index contributed by atoms with van der Waals surface area (Å²) in [6.07, 6.45) is 1.64. The Kier molecular flexibility index (Phi) is 9.30. The lowest BCUT2D eigenvalue weighted by molar-refractivity contribution is -0.389. The van der Waals surface area contributed by atoms with Gasteiger partial charge < -0.3 is 24.3 Å². The van der Waals surface area contributed by atoms with Crippen molar-refractivity contribution in [3.63, 3.8) is 0 Å². The van der Waals surface area contributed by atoms with Crippen LogP contribution in [0.1, 0.15) is 46.3 Å². The third-order valence-electron chi connectivity index (χ3n) is 6.48. The molecule has 2 aromatic carbocycles. The van der Waals surface area contributed by atoms with E-state index >= 15 is 4.39 Å². The molecule has 0 N–H and O–H groups in total. The molecule has 1 saturated heterocycles. The van der Waals surface area contributed by atoms with Gasteiger partial charge in [-0.15, -0.1) is 15.6 Å². The first-order valence-corrected chi connectivity index (χ1v) is 16.4. The number of nitro groups is 1. The minimum atomic E-state index is -4.98. The van der Waals surface area contributed by atoms with E-state index in [2.05, 4.69) is 10.1 Å². The number of rotatable bonds is 8. The second-order valence-corrected chi connectivity index (χ2v) is 13.9. The maximum absolute atomic E-state index is 15.6. The molecule has 1 aliphatic heterocycles. The molecule has 1 amide bonds. The van der Waals surface area contributed by atoms with Gasteiger partial charge in [0.05, 0.1) is 21.8 Å². The van der Waals surface area contributed by atoms with Crippen LogP contribution < -0.4 is 9.04 Å². The first kappa shape index (κ1) is 33.2. The van der Waals surface area contributed by atoms with Crippen LogP contribution in [-0.2, 0) is 19.5 Å². The molecule has 2 aromatic heterocycles. The predicted molar refractivity (Wildman–Crippen MR) is 163 cm³/mol. The maximum Gasteiger partial charge on any atom is 0.430 e. The molecule has 1 fully saturated rings. The summed E-state index contributed by atoms with van der Waals surface area (Å²) in [5, 5.41) is 16.8. The van der Waals surface area contributed by atoms with Crippen LogP contribution in [0.15, 0.2) is 52.3 Å². The summed E-state index contributed by atoms with van der Waals surface area (Å²) in [4.78, 5) is 27.0. The summed E-state index contributed by atoms with van der Waals surface area (Å²) in [6.45, 7) is 5.01. The number of sulfonamides is 1. The van der Waals surface area contributed by atoms with E-state index in [1.165, 1.54) is 42.5 Å². The zero-order valence-electron chi connectivity index (χ0n) is 24.5. The zero-order valence-corrected chi connectivity index (χ0v) is 26.9. The Bertz CT molecular complexity index is 1890. The number of halogens is 3. The highest BCUT2D eigenvalue weighted by Crippen LogP contribution is 2.42. The molecular formula is C28H26ClF2N5O8S2. The smallest absolute Gasteiger partial charge is 0.430 e. The molecule has 13 nitrogen and oxygen atoms in total. The molecule has 0 bridgehead atoms. The van der Waals surface area contributed by atoms with E-state index in [1.807, 2.05) is 0 Å². The zero-order chi connectivity index (χ0) is 33.4. The Labute approximate surface area is 270 Å². The van der Waals surface area contributed by atoms with Crippen LogP contribution >= 0.6 is 22.9 Å². The van der Waals surface area contributed by atoms with Crippen molar-refractivity contribution in [2.75, 3.05) is 10.9 Å². The number of hydrogen-bond acceptors (Lipinski definition) is 11. The molecule has 0 radical (unpaired) electrons. The molecule has 46 heavy (non-hydrogen) atoms. The Morgan fingerprint density at radius 1 is 1.20 bits per heavy atom. The molecule has 4 aromatic rings. The summed E-state index contributed by atoms with van der Waals surface area (Å²) < 4.78 is 75.6. The quantitative estimate of drug-likeness (QED) is 0.134. The van der Waals surface area contributed by atoms with Crippen LogP contribution in [0, 0.1) is 21.7 Å². The Hall–Kier alpha value is -4.19. The van der Waals surface area contributed by atoms with Gasteiger partial charge in [0.1, 0.15) is 39.2 Å². The van der Waals surface area contributed by atoms with Crippen LogP contribution in [-0.4, -0.2) is 46.4 Å². The number of thiazole rings is 1. The van der Waals surface area contributed by atoms with Crippen LogP contribution in [0.3, 0.4) is 0 Å². The summed E-state index contributed by atoms with van der Waals surface area (Å²) in [5.41, 5.74) is -0.0439. The van der Waals surface area contributed by atoms with Crippen molar-refractivity contribution in [3.05, 3.63) is 74.2 Å². The predicted octanol–water partition coefficient (Wildman–Crippen LogP) is 7.47. The number of anilines is 1. The van der Waals surface area contributed by atoms with E-state index in [1.54, 1.807) is 0 Å². The van der Waals surface area contributed by atoms with Crippen molar-refractivity contribution in [3.8, 4) is 22.6 Å². The highest BCUT2D eigenvalue weighted by atomic mass is 35.5. The summed E-state index contributed by atoms with van der Waals surface area (Å²) in [6, 6.07) is 4.52. The highest BCUT2D eigenvalue weighted by Gasteiger charge is 2.38. The molecule has 0 aliphatic carbocycles. The SMILES string of the molecule is CC(C)(C)OC(=O)N(c1cscn1)S(=O)(=O)c1cc(Cl)c(Oc2ccc(F)cc2-c2cn(C3CCCCO3)nc2[N+](=O)[O-])cc1F. The molecule has 1 atom stereocenters. The van der Waals surface area contributed by atoms with Gasteiger partial charge in [-0.2, -0.15) is 4.68 Å². The van der Waals surface area contributed by atoms with Gasteiger partial charge in [0.25, 0.3) is 10.0 Å². The fraction of sp³-hybridized carbons (Fsp3) is 0.321. The monoisotopic (exact) mass is 697 g/mol. The topological polar surface area (TPSA) is 156 Å². The third-order valence-corrected chi connectivity index (χ3v) is 9.03. The Morgan fingerprint density at radius 2 is 1.96 bits per heavy atom. The van der Waals surface area contributed by atoms with Crippen LogP contribution in [0.2, 0.25) is 5.02 Å². The second kappa shape index (κ2) is 12.9. The van der Waals surface area contributed by atoms with E-state index in [0.29, 0.717) is 19.1 Å². The number of benzene rings is 2. The Morgan fingerprint density at radius 3 is 2.59 bits per heavy atom. The van der Waals surface area contributed by atoms with Gasteiger partial charge in [0, 0.05) is 23.6 Å². The fourth-order valence-corrected chi connectivity index (χ4v) is 6.72. The van der Waals surface area contributed by atoms with Gasteiger partial charge in [0.15, 0.2) is 12.0 Å². The lowest BCUT2D eigenvalue weighted by Crippen LogP contribution is -2.41. The van der Waals surface area contributed by atoms with Gasteiger partial charge in [-0.1, -0.05) is 11.6 Å². The number of ether oxygens (including phenoxy) is 3. The minimum absolute atomic E-state index is 0.110. The second-order valence-electron chi connectivity index (χ2n) is 11.0. The first-order valence-electron chi connectivity index (χ1n) is 13.6. The molecule has 1 unspecified atom stereocenters. The van der Waals surface area contributed by atoms with Crippen LogP contribution in [0.5, 0.6) is 11.5 Å². The van der Waals surface area contributed by atoms with Gasteiger partial charge in [-0.25, -0.2) is 27.0 Å². The molecule has 1 aliphatic rings. The van der Waals surface area contributed by atoms with Gasteiger partial charge in [-0.05, 0) is 69.2 Å². The van der Waals surface area contributed by atoms with E-state index in [9.17, 15) is 27.7 Å². The number of carbonyl (C=O) groups is 1. The Balaban J connectivity index is 1.53. The summed E-state index contributed by atoms with van der Waals surface area (Å²) in [5.74, 6) is -3.64. The summed E-state index contributed by atoms with van der Waals surface area (Å²) in [7, 11) is -4.98. The molecule has 5 rings (SSSR count). The minimum Gasteiger partial charge on any atom is -0.455 e.